The van der Waals surface area contributed by atoms with Crippen molar-refractivity contribution in [1.82, 2.24) is 9.62 Å². The van der Waals surface area contributed by atoms with Gasteiger partial charge in [-0.05, 0) is 32.6 Å². The standard InChI is InChI=1S/C13H22Cl2N2O3S/c1-3-8-21(19,20)17-6-4-10(5-7-17)16-11(18)12(2)9-13(12,14)15/h10H,3-9H2,1-2H3,(H,16,18)/t12-/m0/s1. The molecular formula is C13H22Cl2N2O3S. The number of halogens is 2. The van der Waals surface area contributed by atoms with Gasteiger partial charge in [0.1, 0.15) is 4.33 Å². The van der Waals surface area contributed by atoms with E-state index < -0.39 is 19.8 Å². The number of hydrogen-bond acceptors (Lipinski definition) is 3. The van der Waals surface area contributed by atoms with Crippen LogP contribution in [0.1, 0.15) is 39.5 Å². The first-order valence-corrected chi connectivity index (χ1v) is 9.65. The third-order valence-electron chi connectivity index (χ3n) is 4.40. The molecule has 1 N–H and O–H groups in total. The van der Waals surface area contributed by atoms with E-state index in [0.717, 1.165) is 0 Å². The van der Waals surface area contributed by atoms with Gasteiger partial charge in [-0.15, -0.1) is 23.2 Å². The quantitative estimate of drug-likeness (QED) is 0.764. The lowest BCUT2D eigenvalue weighted by Crippen LogP contribution is -2.48. The van der Waals surface area contributed by atoms with Gasteiger partial charge < -0.3 is 5.32 Å². The highest BCUT2D eigenvalue weighted by molar-refractivity contribution is 7.89. The average molecular weight is 357 g/mol. The van der Waals surface area contributed by atoms with Crippen LogP contribution in [0.25, 0.3) is 0 Å². The summed E-state index contributed by atoms with van der Waals surface area (Å²) in [5.41, 5.74) is -0.721. The minimum Gasteiger partial charge on any atom is -0.353 e. The molecule has 0 aromatic rings. The molecule has 0 aromatic heterocycles. The van der Waals surface area contributed by atoms with E-state index >= 15 is 0 Å². The molecule has 0 aromatic carbocycles. The second-order valence-corrected chi connectivity index (χ2v) is 9.75. The zero-order valence-electron chi connectivity index (χ0n) is 12.4. The molecule has 8 heteroatoms. The molecular weight excluding hydrogens is 335 g/mol. The Labute approximate surface area is 136 Å². The lowest BCUT2D eigenvalue weighted by molar-refractivity contribution is -0.126. The largest absolute Gasteiger partial charge is 0.353 e. The van der Waals surface area contributed by atoms with Crippen molar-refractivity contribution in [3.8, 4) is 0 Å². The van der Waals surface area contributed by atoms with E-state index in [1.807, 2.05) is 6.92 Å². The van der Waals surface area contributed by atoms with Gasteiger partial charge in [0.25, 0.3) is 0 Å². The SMILES string of the molecule is CCCS(=O)(=O)N1CCC(NC(=O)[C@]2(C)CC2(Cl)Cl)CC1. The van der Waals surface area contributed by atoms with Gasteiger partial charge in [0.15, 0.2) is 0 Å². The van der Waals surface area contributed by atoms with Crippen molar-refractivity contribution in [2.75, 3.05) is 18.8 Å². The zero-order valence-corrected chi connectivity index (χ0v) is 14.7. The summed E-state index contributed by atoms with van der Waals surface area (Å²) in [6, 6.07) is -0.00728. The zero-order chi connectivity index (χ0) is 15.9. The maximum absolute atomic E-state index is 12.2. The Kier molecular flexibility index (Phi) is 4.84. The molecule has 2 rings (SSSR count). The number of nitrogens with zero attached hydrogens (tertiary/aromatic N) is 1. The minimum atomic E-state index is -3.14. The predicted octanol–water partition coefficient (Wildman–Crippen LogP) is 1.89. The molecule has 0 bridgehead atoms. The summed E-state index contributed by atoms with van der Waals surface area (Å²) < 4.78 is 24.5. The second-order valence-electron chi connectivity index (χ2n) is 6.18. The number of hydrogen-bond donors (Lipinski definition) is 1. The second kappa shape index (κ2) is 5.87. The lowest BCUT2D eigenvalue weighted by Gasteiger charge is -2.32. The third kappa shape index (κ3) is 3.49. The Morgan fingerprint density at radius 3 is 2.29 bits per heavy atom. The van der Waals surface area contributed by atoms with Crippen LogP contribution in [0.3, 0.4) is 0 Å². The number of amides is 1. The highest BCUT2D eigenvalue weighted by Gasteiger charge is 2.68. The van der Waals surface area contributed by atoms with Crippen LogP contribution in [0.15, 0.2) is 0 Å². The van der Waals surface area contributed by atoms with E-state index in [4.69, 9.17) is 23.2 Å². The first-order valence-electron chi connectivity index (χ1n) is 7.29. The Morgan fingerprint density at radius 1 is 1.33 bits per heavy atom. The molecule has 1 heterocycles. The van der Waals surface area contributed by atoms with Crippen LogP contribution in [0.2, 0.25) is 0 Å². The topological polar surface area (TPSA) is 66.5 Å². The molecule has 0 unspecified atom stereocenters. The van der Waals surface area contributed by atoms with Gasteiger partial charge >= 0.3 is 0 Å². The van der Waals surface area contributed by atoms with Crippen LogP contribution >= 0.6 is 23.2 Å². The van der Waals surface area contributed by atoms with Gasteiger partial charge in [-0.1, -0.05) is 6.92 Å². The van der Waals surface area contributed by atoms with Crippen LogP contribution in [-0.4, -0.2) is 47.8 Å². The maximum Gasteiger partial charge on any atom is 0.229 e. The lowest BCUT2D eigenvalue weighted by atomic mass is 10.0. The van der Waals surface area contributed by atoms with E-state index in [-0.39, 0.29) is 17.7 Å². The van der Waals surface area contributed by atoms with Gasteiger partial charge in [0.05, 0.1) is 11.2 Å². The Morgan fingerprint density at radius 2 is 1.86 bits per heavy atom. The van der Waals surface area contributed by atoms with Gasteiger partial charge in [-0.25, -0.2) is 12.7 Å². The minimum absolute atomic E-state index is 0.00728. The number of carbonyl (C=O) groups excluding carboxylic acids is 1. The number of piperidine rings is 1. The van der Waals surface area contributed by atoms with Gasteiger partial charge in [0, 0.05) is 19.1 Å². The van der Waals surface area contributed by atoms with Crippen molar-refractivity contribution < 1.29 is 13.2 Å². The van der Waals surface area contributed by atoms with Crippen molar-refractivity contribution in [3.63, 3.8) is 0 Å². The average Bonchev–Trinajstić information content (AvgIpc) is 2.90. The molecule has 1 amide bonds. The smallest absolute Gasteiger partial charge is 0.229 e. The summed E-state index contributed by atoms with van der Waals surface area (Å²) in [5, 5.41) is 2.95. The van der Waals surface area contributed by atoms with Crippen LogP contribution in [0.4, 0.5) is 0 Å². The number of carbonyl (C=O) groups is 1. The van der Waals surface area contributed by atoms with Crippen molar-refractivity contribution in [2.45, 2.75) is 49.9 Å². The van der Waals surface area contributed by atoms with E-state index in [0.29, 0.717) is 38.8 Å². The van der Waals surface area contributed by atoms with Crippen molar-refractivity contribution >= 4 is 39.1 Å². The summed E-state index contributed by atoms with van der Waals surface area (Å²) in [4.78, 5) is 12.2. The van der Waals surface area contributed by atoms with Gasteiger partial charge in [-0.3, -0.25) is 4.79 Å². The fourth-order valence-electron chi connectivity index (χ4n) is 2.66. The first-order chi connectivity index (χ1) is 9.62. The molecule has 2 fully saturated rings. The monoisotopic (exact) mass is 356 g/mol. The molecule has 0 radical (unpaired) electrons. The van der Waals surface area contributed by atoms with Crippen molar-refractivity contribution in [2.24, 2.45) is 5.41 Å². The van der Waals surface area contributed by atoms with Crippen LogP contribution in [0, 0.1) is 5.41 Å². The normalized spacial score (nSPS) is 30.1. The summed E-state index contributed by atoms with van der Waals surface area (Å²) in [5.74, 6) is 0.0469. The van der Waals surface area contributed by atoms with E-state index in [2.05, 4.69) is 5.32 Å². The van der Waals surface area contributed by atoms with E-state index in [1.165, 1.54) is 4.31 Å². The summed E-state index contributed by atoms with van der Waals surface area (Å²) in [6.07, 6.45) is 2.33. The molecule has 5 nitrogen and oxygen atoms in total. The van der Waals surface area contributed by atoms with Crippen LogP contribution in [0.5, 0.6) is 0 Å². The van der Waals surface area contributed by atoms with Crippen LogP contribution < -0.4 is 5.32 Å². The first kappa shape index (κ1) is 17.3. The molecule has 0 spiro atoms. The molecule has 1 saturated carbocycles. The Balaban J connectivity index is 1.84. The van der Waals surface area contributed by atoms with Crippen molar-refractivity contribution in [3.05, 3.63) is 0 Å². The fraction of sp³-hybridized carbons (Fsp3) is 0.923. The number of nitrogens with one attached hydrogen (secondary N) is 1. The van der Waals surface area contributed by atoms with E-state index in [1.54, 1.807) is 6.92 Å². The van der Waals surface area contributed by atoms with Crippen LogP contribution in [-0.2, 0) is 14.8 Å². The molecule has 1 saturated heterocycles. The number of sulfonamides is 1. The third-order valence-corrected chi connectivity index (χ3v) is 7.58. The highest BCUT2D eigenvalue weighted by atomic mass is 35.5. The summed E-state index contributed by atoms with van der Waals surface area (Å²) in [7, 11) is -3.14. The molecule has 122 valence electrons. The Bertz CT molecular complexity index is 516. The van der Waals surface area contributed by atoms with Gasteiger partial charge in [-0.2, -0.15) is 0 Å². The summed E-state index contributed by atoms with van der Waals surface area (Å²) in [6.45, 7) is 4.52. The Hall–Kier alpha value is -0.0400. The fourth-order valence-corrected chi connectivity index (χ4v) is 4.90. The maximum atomic E-state index is 12.2. The molecule has 1 aliphatic heterocycles. The highest BCUT2D eigenvalue weighted by Crippen LogP contribution is 2.63. The molecule has 2 aliphatic rings. The van der Waals surface area contributed by atoms with Crippen molar-refractivity contribution in [1.29, 1.82) is 0 Å². The molecule has 1 aliphatic carbocycles. The van der Waals surface area contributed by atoms with E-state index in [9.17, 15) is 13.2 Å². The van der Waals surface area contributed by atoms with Gasteiger partial charge in [0.2, 0.25) is 15.9 Å². The molecule has 1 atom stereocenters. The number of alkyl halides is 2. The summed E-state index contributed by atoms with van der Waals surface area (Å²) >= 11 is 12.0. The predicted molar refractivity (Wildman–Crippen MR) is 84.0 cm³/mol. The molecule has 21 heavy (non-hydrogen) atoms. The number of rotatable bonds is 5.